The summed E-state index contributed by atoms with van der Waals surface area (Å²) in [7, 11) is 3.28. The van der Waals surface area contributed by atoms with E-state index >= 15 is 0 Å². The van der Waals surface area contributed by atoms with Crippen LogP contribution in [0, 0.1) is 0 Å². The van der Waals surface area contributed by atoms with Gasteiger partial charge in [-0.2, -0.15) is 0 Å². The molecule has 1 unspecified atom stereocenters. The van der Waals surface area contributed by atoms with Gasteiger partial charge in [-0.3, -0.25) is 4.79 Å². The van der Waals surface area contributed by atoms with E-state index < -0.39 is 0 Å². The lowest BCUT2D eigenvalue weighted by atomic mass is 10.0. The Labute approximate surface area is 164 Å². The minimum atomic E-state index is -0.00582. The standard InChI is InChI=1S/C21H24ClNO4/c1-25-16-8-9-20(26-2)18(14-16)19-7-4-11-23(19)21(24)10-12-27-17-6-3-5-15(22)13-17/h3,5-6,8-9,13-14,19H,4,7,10-12H2,1-2H3. The van der Waals surface area contributed by atoms with Crippen molar-refractivity contribution in [3.63, 3.8) is 0 Å². The highest BCUT2D eigenvalue weighted by atomic mass is 35.5. The van der Waals surface area contributed by atoms with E-state index in [4.69, 9.17) is 25.8 Å². The van der Waals surface area contributed by atoms with Crippen molar-refractivity contribution in [2.45, 2.75) is 25.3 Å². The lowest BCUT2D eigenvalue weighted by molar-refractivity contribution is -0.132. The molecule has 1 fully saturated rings. The van der Waals surface area contributed by atoms with Crippen LogP contribution in [0.15, 0.2) is 42.5 Å². The second-order valence-electron chi connectivity index (χ2n) is 6.41. The van der Waals surface area contributed by atoms with Gasteiger partial charge in [0, 0.05) is 17.1 Å². The summed E-state index contributed by atoms with van der Waals surface area (Å²) in [5, 5.41) is 0.614. The molecule has 0 radical (unpaired) electrons. The number of nitrogens with zero attached hydrogens (tertiary/aromatic N) is 1. The summed E-state index contributed by atoms with van der Waals surface area (Å²) >= 11 is 5.95. The highest BCUT2D eigenvalue weighted by molar-refractivity contribution is 6.30. The Kier molecular flexibility index (Phi) is 6.45. The molecule has 0 aromatic heterocycles. The molecule has 2 aromatic rings. The van der Waals surface area contributed by atoms with Gasteiger partial charge in [0.25, 0.3) is 0 Å². The van der Waals surface area contributed by atoms with E-state index in [-0.39, 0.29) is 11.9 Å². The molecule has 1 aliphatic heterocycles. The van der Waals surface area contributed by atoms with Crippen molar-refractivity contribution < 1.29 is 19.0 Å². The maximum absolute atomic E-state index is 12.8. The zero-order valence-electron chi connectivity index (χ0n) is 15.6. The lowest BCUT2D eigenvalue weighted by Gasteiger charge is -2.26. The van der Waals surface area contributed by atoms with Gasteiger partial charge >= 0.3 is 0 Å². The highest BCUT2D eigenvalue weighted by Gasteiger charge is 2.31. The Morgan fingerprint density at radius 3 is 2.74 bits per heavy atom. The third-order valence-corrected chi connectivity index (χ3v) is 4.98. The summed E-state index contributed by atoms with van der Waals surface area (Å²) in [5.74, 6) is 2.28. The monoisotopic (exact) mass is 389 g/mol. The van der Waals surface area contributed by atoms with Gasteiger partial charge in [-0.15, -0.1) is 0 Å². The van der Waals surface area contributed by atoms with E-state index in [9.17, 15) is 4.79 Å². The molecule has 3 rings (SSSR count). The normalized spacial score (nSPS) is 16.3. The molecule has 5 nitrogen and oxygen atoms in total. The SMILES string of the molecule is COc1ccc(OC)c(C2CCCN2C(=O)CCOc2cccc(Cl)c2)c1. The summed E-state index contributed by atoms with van der Waals surface area (Å²) in [6, 6.07) is 12.9. The van der Waals surface area contributed by atoms with Crippen LogP contribution in [0.25, 0.3) is 0 Å². The largest absolute Gasteiger partial charge is 0.497 e. The zero-order chi connectivity index (χ0) is 19.2. The number of likely N-dealkylation sites (tertiary alicyclic amines) is 1. The van der Waals surface area contributed by atoms with Crippen LogP contribution in [-0.2, 0) is 4.79 Å². The summed E-state index contributed by atoms with van der Waals surface area (Å²) < 4.78 is 16.5. The van der Waals surface area contributed by atoms with Crippen LogP contribution in [0.2, 0.25) is 5.02 Å². The van der Waals surface area contributed by atoms with Crippen molar-refractivity contribution in [2.75, 3.05) is 27.4 Å². The molecule has 1 saturated heterocycles. The molecule has 1 aliphatic rings. The van der Waals surface area contributed by atoms with Crippen molar-refractivity contribution in [3.05, 3.63) is 53.1 Å². The van der Waals surface area contributed by atoms with E-state index in [2.05, 4.69) is 0 Å². The smallest absolute Gasteiger partial charge is 0.226 e. The first-order chi connectivity index (χ1) is 13.1. The van der Waals surface area contributed by atoms with Crippen LogP contribution in [0.5, 0.6) is 17.2 Å². The van der Waals surface area contributed by atoms with Gasteiger partial charge in [0.1, 0.15) is 17.2 Å². The second-order valence-corrected chi connectivity index (χ2v) is 6.85. The predicted molar refractivity (Wildman–Crippen MR) is 105 cm³/mol. The predicted octanol–water partition coefficient (Wildman–Crippen LogP) is 4.49. The third kappa shape index (κ3) is 4.66. The molecule has 1 heterocycles. The molecule has 0 aliphatic carbocycles. The Bertz CT molecular complexity index is 796. The van der Waals surface area contributed by atoms with Crippen LogP contribution in [0.1, 0.15) is 30.9 Å². The van der Waals surface area contributed by atoms with E-state index in [1.165, 1.54) is 0 Å². The van der Waals surface area contributed by atoms with Crippen molar-refractivity contribution in [1.29, 1.82) is 0 Å². The number of hydrogen-bond acceptors (Lipinski definition) is 4. The molecule has 0 saturated carbocycles. The molecule has 1 atom stereocenters. The number of carbonyl (C=O) groups is 1. The molecule has 6 heteroatoms. The maximum Gasteiger partial charge on any atom is 0.226 e. The van der Waals surface area contributed by atoms with Gasteiger partial charge in [-0.05, 0) is 49.2 Å². The second kappa shape index (κ2) is 9.00. The topological polar surface area (TPSA) is 48.0 Å². The first kappa shape index (κ1) is 19.4. The minimum Gasteiger partial charge on any atom is -0.497 e. The van der Waals surface area contributed by atoms with Crippen molar-refractivity contribution >= 4 is 17.5 Å². The Morgan fingerprint density at radius 2 is 2.00 bits per heavy atom. The fourth-order valence-corrected chi connectivity index (χ4v) is 3.63. The van der Waals surface area contributed by atoms with E-state index in [1.54, 1.807) is 26.4 Å². The fourth-order valence-electron chi connectivity index (χ4n) is 3.44. The van der Waals surface area contributed by atoms with Gasteiger partial charge in [-0.25, -0.2) is 0 Å². The average molecular weight is 390 g/mol. The number of carbonyl (C=O) groups excluding carboxylic acids is 1. The fraction of sp³-hybridized carbons (Fsp3) is 0.381. The van der Waals surface area contributed by atoms with Gasteiger partial charge in [0.05, 0.1) is 33.3 Å². The molecule has 0 N–H and O–H groups in total. The average Bonchev–Trinajstić information content (AvgIpc) is 3.17. The van der Waals surface area contributed by atoms with Crippen LogP contribution in [0.3, 0.4) is 0 Å². The Morgan fingerprint density at radius 1 is 1.15 bits per heavy atom. The van der Waals surface area contributed by atoms with Crippen LogP contribution in [0.4, 0.5) is 0 Å². The number of ether oxygens (including phenoxy) is 3. The van der Waals surface area contributed by atoms with E-state index in [1.807, 2.05) is 35.2 Å². The molecule has 27 heavy (non-hydrogen) atoms. The number of halogens is 1. The van der Waals surface area contributed by atoms with Gasteiger partial charge in [0.15, 0.2) is 0 Å². The summed E-state index contributed by atoms with van der Waals surface area (Å²) in [6.07, 6.45) is 2.19. The molecular formula is C21H24ClNO4. The van der Waals surface area contributed by atoms with Crippen LogP contribution in [-0.4, -0.2) is 38.2 Å². The summed E-state index contributed by atoms with van der Waals surface area (Å²) in [5.41, 5.74) is 0.985. The first-order valence-corrected chi connectivity index (χ1v) is 9.40. The molecular weight excluding hydrogens is 366 g/mol. The molecule has 144 valence electrons. The molecule has 0 spiro atoms. The Hall–Kier alpha value is -2.40. The summed E-state index contributed by atoms with van der Waals surface area (Å²) in [4.78, 5) is 14.7. The lowest BCUT2D eigenvalue weighted by Crippen LogP contribution is -2.31. The summed E-state index contributed by atoms with van der Waals surface area (Å²) in [6.45, 7) is 1.05. The minimum absolute atomic E-state index is 0.00582. The highest BCUT2D eigenvalue weighted by Crippen LogP contribution is 2.39. The van der Waals surface area contributed by atoms with E-state index in [0.29, 0.717) is 23.8 Å². The van der Waals surface area contributed by atoms with Crippen molar-refractivity contribution in [2.24, 2.45) is 0 Å². The van der Waals surface area contributed by atoms with Gasteiger partial charge in [-0.1, -0.05) is 17.7 Å². The number of rotatable bonds is 7. The molecule has 0 bridgehead atoms. The number of amides is 1. The molecule has 1 amide bonds. The van der Waals surface area contributed by atoms with Crippen molar-refractivity contribution in [1.82, 2.24) is 4.90 Å². The van der Waals surface area contributed by atoms with Crippen molar-refractivity contribution in [3.8, 4) is 17.2 Å². The van der Waals surface area contributed by atoms with Crippen LogP contribution >= 0.6 is 11.6 Å². The maximum atomic E-state index is 12.8. The third-order valence-electron chi connectivity index (χ3n) is 4.75. The Balaban J connectivity index is 1.66. The van der Waals surface area contributed by atoms with E-state index in [0.717, 1.165) is 36.4 Å². The quantitative estimate of drug-likeness (QED) is 0.700. The van der Waals surface area contributed by atoms with Gasteiger partial charge in [0.2, 0.25) is 5.91 Å². The number of hydrogen-bond donors (Lipinski definition) is 0. The van der Waals surface area contributed by atoms with Crippen LogP contribution < -0.4 is 14.2 Å². The number of benzene rings is 2. The van der Waals surface area contributed by atoms with Gasteiger partial charge < -0.3 is 19.1 Å². The zero-order valence-corrected chi connectivity index (χ0v) is 16.4. The molecule has 2 aromatic carbocycles. The first-order valence-electron chi connectivity index (χ1n) is 9.02. The number of methoxy groups -OCH3 is 2.